The molecule has 1 atom stereocenters. The molecule has 1 aliphatic heterocycles. The summed E-state index contributed by atoms with van der Waals surface area (Å²) in [6.45, 7) is 2.09. The number of hydrogen-bond donors (Lipinski definition) is 0. The number of ether oxygens (including phenoxy) is 2. The van der Waals surface area contributed by atoms with E-state index in [1.54, 1.807) is 6.07 Å². The van der Waals surface area contributed by atoms with Gasteiger partial charge in [0.05, 0.1) is 0 Å². The number of benzene rings is 2. The highest BCUT2D eigenvalue weighted by Crippen LogP contribution is 2.33. The average molecular weight is 422 g/mol. The second-order valence-corrected chi connectivity index (χ2v) is 7.96. The molecule has 8 heteroatoms. The van der Waals surface area contributed by atoms with E-state index >= 15 is 0 Å². The lowest BCUT2D eigenvalue weighted by molar-refractivity contribution is -0.141. The van der Waals surface area contributed by atoms with Gasteiger partial charge in [-0.1, -0.05) is 29.1 Å². The van der Waals surface area contributed by atoms with Crippen molar-refractivity contribution in [2.24, 2.45) is 0 Å². The van der Waals surface area contributed by atoms with Gasteiger partial charge in [-0.3, -0.25) is 4.79 Å². The number of oxazole rings is 1. The largest absolute Gasteiger partial charge is 0.490 e. The van der Waals surface area contributed by atoms with Crippen molar-refractivity contribution in [1.29, 1.82) is 0 Å². The number of aromatic nitrogens is 2. The zero-order valence-corrected chi connectivity index (χ0v) is 17.0. The minimum absolute atomic E-state index is 0.0432. The van der Waals surface area contributed by atoms with E-state index in [0.717, 1.165) is 28.8 Å². The van der Waals surface area contributed by atoms with Gasteiger partial charge in [-0.05, 0) is 42.8 Å². The van der Waals surface area contributed by atoms with Crippen molar-refractivity contribution < 1.29 is 23.2 Å². The lowest BCUT2D eigenvalue weighted by Gasteiger charge is -2.02. The maximum atomic E-state index is 12.1. The standard InChI is InChI=1S/C22H18N2O5S/c1-13-8-15-9-14(6-7-18(15)27-13)20-10-16(24-29-20)11-26-21(25)12-30-22-23-17-4-2-3-5-19(17)28-22/h2-7,9-10,13H,8,11-12H2,1H3. The molecule has 152 valence electrons. The molecule has 0 amide bonds. The summed E-state index contributed by atoms with van der Waals surface area (Å²) in [5.41, 5.74) is 4.08. The van der Waals surface area contributed by atoms with Crippen LogP contribution in [0.15, 0.2) is 62.7 Å². The Morgan fingerprint density at radius 3 is 3.03 bits per heavy atom. The number of esters is 1. The molecule has 0 bridgehead atoms. The van der Waals surface area contributed by atoms with Crippen LogP contribution in [0, 0.1) is 0 Å². The van der Waals surface area contributed by atoms with Crippen molar-refractivity contribution in [3.05, 3.63) is 59.8 Å². The molecule has 2 aromatic carbocycles. The number of carbonyl (C=O) groups is 1. The summed E-state index contributed by atoms with van der Waals surface area (Å²) in [6.07, 6.45) is 1.06. The highest BCUT2D eigenvalue weighted by Gasteiger charge is 2.20. The van der Waals surface area contributed by atoms with Crippen molar-refractivity contribution in [2.75, 3.05) is 5.75 Å². The zero-order chi connectivity index (χ0) is 20.5. The summed E-state index contributed by atoms with van der Waals surface area (Å²) in [5, 5.41) is 4.44. The summed E-state index contributed by atoms with van der Waals surface area (Å²) in [6, 6.07) is 15.2. The minimum Gasteiger partial charge on any atom is -0.490 e. The monoisotopic (exact) mass is 422 g/mol. The fourth-order valence-electron chi connectivity index (χ4n) is 3.32. The van der Waals surface area contributed by atoms with E-state index in [9.17, 15) is 4.79 Å². The average Bonchev–Trinajstić information content (AvgIpc) is 3.46. The Hall–Kier alpha value is -3.26. The first-order valence-corrected chi connectivity index (χ1v) is 10.5. The van der Waals surface area contributed by atoms with Crippen LogP contribution in [0.25, 0.3) is 22.4 Å². The van der Waals surface area contributed by atoms with E-state index in [1.165, 1.54) is 11.8 Å². The van der Waals surface area contributed by atoms with Crippen molar-refractivity contribution in [2.45, 2.75) is 31.3 Å². The number of thioether (sulfide) groups is 1. The first kappa shape index (κ1) is 18.7. The molecule has 1 aliphatic rings. The molecular weight excluding hydrogens is 404 g/mol. The van der Waals surface area contributed by atoms with Gasteiger partial charge in [-0.2, -0.15) is 0 Å². The summed E-state index contributed by atoms with van der Waals surface area (Å²) in [4.78, 5) is 16.4. The second kappa shape index (κ2) is 7.87. The summed E-state index contributed by atoms with van der Waals surface area (Å²) < 4.78 is 22.0. The molecule has 1 unspecified atom stereocenters. The van der Waals surface area contributed by atoms with Gasteiger partial charge in [0.1, 0.15) is 35.4 Å². The molecule has 0 fully saturated rings. The number of rotatable bonds is 6. The highest BCUT2D eigenvalue weighted by atomic mass is 32.2. The van der Waals surface area contributed by atoms with Crippen LogP contribution in [0.5, 0.6) is 5.75 Å². The molecule has 3 heterocycles. The zero-order valence-electron chi connectivity index (χ0n) is 16.2. The second-order valence-electron chi connectivity index (χ2n) is 7.03. The van der Waals surface area contributed by atoms with Crippen LogP contribution in [-0.4, -0.2) is 28.0 Å². The van der Waals surface area contributed by atoms with Crippen molar-refractivity contribution in [1.82, 2.24) is 10.1 Å². The molecule has 4 aromatic rings. The van der Waals surface area contributed by atoms with E-state index in [0.29, 0.717) is 22.3 Å². The van der Waals surface area contributed by atoms with E-state index in [2.05, 4.69) is 10.1 Å². The lowest BCUT2D eigenvalue weighted by Crippen LogP contribution is -2.07. The van der Waals surface area contributed by atoms with Gasteiger partial charge >= 0.3 is 5.97 Å². The van der Waals surface area contributed by atoms with Crippen LogP contribution < -0.4 is 4.74 Å². The van der Waals surface area contributed by atoms with Crippen molar-refractivity contribution >= 4 is 28.8 Å². The molecule has 0 aliphatic carbocycles. The molecule has 0 spiro atoms. The Kier molecular flexibility index (Phi) is 4.92. The molecule has 30 heavy (non-hydrogen) atoms. The van der Waals surface area contributed by atoms with Crippen LogP contribution in [0.3, 0.4) is 0 Å². The van der Waals surface area contributed by atoms with E-state index in [-0.39, 0.29) is 24.4 Å². The van der Waals surface area contributed by atoms with Gasteiger partial charge in [-0.25, -0.2) is 4.98 Å². The third-order valence-electron chi connectivity index (χ3n) is 4.71. The Morgan fingerprint density at radius 1 is 1.23 bits per heavy atom. The predicted molar refractivity (Wildman–Crippen MR) is 110 cm³/mol. The van der Waals surface area contributed by atoms with Gasteiger partial charge < -0.3 is 18.4 Å². The molecule has 0 N–H and O–H groups in total. The molecule has 0 radical (unpaired) electrons. The maximum absolute atomic E-state index is 12.1. The molecular formula is C22H18N2O5S. The third kappa shape index (κ3) is 3.91. The summed E-state index contributed by atoms with van der Waals surface area (Å²) >= 11 is 1.19. The van der Waals surface area contributed by atoms with E-state index in [1.807, 2.05) is 49.4 Å². The summed E-state index contributed by atoms with van der Waals surface area (Å²) in [7, 11) is 0. The third-order valence-corrected chi connectivity index (χ3v) is 5.51. The van der Waals surface area contributed by atoms with E-state index in [4.69, 9.17) is 18.4 Å². The van der Waals surface area contributed by atoms with E-state index < -0.39 is 0 Å². The first-order chi connectivity index (χ1) is 14.6. The number of para-hydroxylation sites is 2. The maximum Gasteiger partial charge on any atom is 0.316 e. The SMILES string of the molecule is CC1Cc2cc(-c3cc(COC(=O)CSc4nc5ccccc5o4)no3)ccc2O1. The van der Waals surface area contributed by atoms with Gasteiger partial charge in [0, 0.05) is 18.1 Å². The topological polar surface area (TPSA) is 87.6 Å². The minimum atomic E-state index is -0.379. The van der Waals surface area contributed by atoms with Crippen LogP contribution >= 0.6 is 11.8 Å². The number of nitrogens with zero attached hydrogens (tertiary/aromatic N) is 2. The number of hydrogen-bond acceptors (Lipinski definition) is 8. The normalized spacial score (nSPS) is 15.2. The Labute approximate surface area is 176 Å². The predicted octanol–water partition coefficient (Wildman–Crippen LogP) is 4.64. The molecule has 0 saturated carbocycles. The van der Waals surface area contributed by atoms with Gasteiger partial charge in [-0.15, -0.1) is 0 Å². The van der Waals surface area contributed by atoms with Crippen LogP contribution in [0.1, 0.15) is 18.2 Å². The first-order valence-electron chi connectivity index (χ1n) is 9.53. The Balaban J connectivity index is 1.16. The number of fused-ring (bicyclic) bond motifs is 2. The van der Waals surface area contributed by atoms with Crippen LogP contribution in [-0.2, 0) is 22.6 Å². The van der Waals surface area contributed by atoms with Gasteiger partial charge in [0.2, 0.25) is 0 Å². The summed E-state index contributed by atoms with van der Waals surface area (Å²) in [5.74, 6) is 1.26. The van der Waals surface area contributed by atoms with Crippen molar-refractivity contribution in [3.8, 4) is 17.1 Å². The lowest BCUT2D eigenvalue weighted by atomic mass is 10.1. The van der Waals surface area contributed by atoms with Crippen molar-refractivity contribution in [3.63, 3.8) is 0 Å². The van der Waals surface area contributed by atoms with Crippen LogP contribution in [0.2, 0.25) is 0 Å². The smallest absolute Gasteiger partial charge is 0.316 e. The molecule has 7 nitrogen and oxygen atoms in total. The molecule has 0 saturated heterocycles. The molecule has 5 rings (SSSR count). The highest BCUT2D eigenvalue weighted by molar-refractivity contribution is 7.99. The Morgan fingerprint density at radius 2 is 2.13 bits per heavy atom. The Bertz CT molecular complexity index is 1180. The fourth-order valence-corrected chi connectivity index (χ4v) is 3.96. The quantitative estimate of drug-likeness (QED) is 0.328. The molecule has 2 aromatic heterocycles. The number of carbonyl (C=O) groups excluding carboxylic acids is 1. The fraction of sp³-hybridized carbons (Fsp3) is 0.227. The van der Waals surface area contributed by atoms with Gasteiger partial charge in [0.15, 0.2) is 11.3 Å². The van der Waals surface area contributed by atoms with Gasteiger partial charge in [0.25, 0.3) is 5.22 Å². The van der Waals surface area contributed by atoms with Crippen LogP contribution in [0.4, 0.5) is 0 Å².